The molecule has 0 heterocycles. The topological polar surface area (TPSA) is 378 Å². The van der Waals surface area contributed by atoms with E-state index >= 15 is 0 Å². The van der Waals surface area contributed by atoms with Gasteiger partial charge in [-0.3, -0.25) is 4.79 Å². The van der Waals surface area contributed by atoms with Crippen molar-refractivity contribution in [1.82, 2.24) is 0 Å². The van der Waals surface area contributed by atoms with E-state index in [2.05, 4.69) is 36.0 Å². The third-order valence-corrected chi connectivity index (χ3v) is 13.5. The molecule has 73 heavy (non-hydrogen) atoms. The second-order valence-electron chi connectivity index (χ2n) is 14.6. The van der Waals surface area contributed by atoms with Gasteiger partial charge in [0.15, 0.2) is 5.75 Å². The zero-order chi connectivity index (χ0) is 49.6. The maximum atomic E-state index is 12.7. The van der Waals surface area contributed by atoms with Crippen LogP contribution in [0.25, 0.3) is 32.3 Å². The number of amides is 1. The predicted molar refractivity (Wildman–Crippen MR) is 243 cm³/mol. The second-order valence-corrected chi connectivity index (χ2v) is 20.0. The number of benzene rings is 8. The Morgan fingerprint density at radius 2 is 0.932 bits per heavy atom. The van der Waals surface area contributed by atoms with E-state index in [1.165, 1.54) is 60.7 Å². The Balaban J connectivity index is 0.00000289. The Kier molecular flexibility index (Phi) is 20.6. The molecule has 0 aliphatic heterocycles. The van der Waals surface area contributed by atoms with Gasteiger partial charge >= 0.3 is 118 Å². The molecule has 0 saturated heterocycles. The molecule has 0 atom stereocenters. The van der Waals surface area contributed by atoms with Crippen LogP contribution in [0, 0.1) is 0 Å². The molecule has 0 bridgehead atoms. The number of azo groups is 3. The van der Waals surface area contributed by atoms with E-state index in [1.807, 2.05) is 0 Å². The molecule has 8 rings (SSSR count). The van der Waals surface area contributed by atoms with Crippen molar-refractivity contribution in [3.05, 3.63) is 139 Å². The third-order valence-electron chi connectivity index (χ3n) is 10.1. The van der Waals surface area contributed by atoms with Gasteiger partial charge in [0.05, 0.1) is 48.0 Å². The summed E-state index contributed by atoms with van der Waals surface area (Å²) in [6.07, 6.45) is 0. The molecule has 8 aromatic carbocycles. The average Bonchev–Trinajstić information content (AvgIpc) is 3.29. The van der Waals surface area contributed by atoms with Gasteiger partial charge in [0.2, 0.25) is 0 Å². The summed E-state index contributed by atoms with van der Waals surface area (Å²) >= 11 is 0. The van der Waals surface area contributed by atoms with E-state index in [0.29, 0.717) is 5.56 Å². The number of carbonyl (C=O) groups is 1. The minimum atomic E-state index is -5.36. The number of phenolic OH excluding ortho intramolecular Hbond substituents is 1. The SMILES string of the molecule is Nc1ccc(N=Nc2ccc(N=Nc3ccc(N=Nc4c(S(=O)(=O)[O-])cc5cc(NC(=O)c6ccccc6)ccc5c4O)c4ccc(S(=O)(=O)[O-])cc34)c3ccc(S(=O)(=O)[O-])cc23)cc1S(=O)(=O)[O-].[Na+].[Na+].[Na+].[Na+]. The maximum absolute atomic E-state index is 12.7. The molecule has 4 N–H and O–H groups in total. The molecule has 350 valence electrons. The van der Waals surface area contributed by atoms with E-state index in [9.17, 15) is 61.8 Å². The normalized spacial score (nSPS) is 12.1. The summed E-state index contributed by atoms with van der Waals surface area (Å²) in [6.45, 7) is 0. The summed E-state index contributed by atoms with van der Waals surface area (Å²) in [6, 6.07) is 27.8. The number of aromatic hydroxyl groups is 1. The van der Waals surface area contributed by atoms with Crippen LogP contribution in [0.3, 0.4) is 0 Å². The van der Waals surface area contributed by atoms with Gasteiger partial charge in [-0.05, 0) is 109 Å². The summed E-state index contributed by atoms with van der Waals surface area (Å²) in [5.41, 5.74) is 4.65. The summed E-state index contributed by atoms with van der Waals surface area (Å²) in [7, 11) is -20.5. The van der Waals surface area contributed by atoms with E-state index in [0.717, 1.165) is 42.5 Å². The molecule has 0 aliphatic carbocycles. The number of hydrogen-bond acceptors (Lipinski definition) is 21. The standard InChI is InChI=1S/C43H30N8O14S4.4Na/c44-34-13-7-26(20-39(34)68(60,61)62)46-47-37-16-14-35(30-11-8-27(21-32(30)37)66(54,55)56)48-49-38-17-15-36(31-12-9-28(22-33(31)38)67(57,58)59)50-51-41-40(69(63,64)65)19-24-18-25(6-10-29(24)42(41)52)45-43(53)23-4-2-1-3-5-23;;;;/h1-22,52H,44H2,(H,45,53)(H,54,55,56)(H,57,58,59)(H,60,61,62)(H,63,64,65);;;;/q;4*+1/p-4. The molecular formula is C43H26N8Na4O14S4. The summed E-state index contributed by atoms with van der Waals surface area (Å²) < 4.78 is 145. The molecule has 0 fully saturated rings. The fourth-order valence-corrected chi connectivity index (χ4v) is 9.15. The van der Waals surface area contributed by atoms with Crippen LogP contribution in [0.4, 0.5) is 45.5 Å². The fourth-order valence-electron chi connectivity index (χ4n) is 6.89. The van der Waals surface area contributed by atoms with Gasteiger partial charge in [-0.15, -0.1) is 25.6 Å². The first-order valence-electron chi connectivity index (χ1n) is 19.2. The number of anilines is 2. The Hall–Kier alpha value is -3.95. The number of fused-ring (bicyclic) bond motifs is 3. The maximum Gasteiger partial charge on any atom is 1.00 e. The Bertz CT molecular complexity index is 4060. The average molecular weight is 1100 g/mol. The van der Waals surface area contributed by atoms with Crippen molar-refractivity contribution in [1.29, 1.82) is 0 Å². The minimum absolute atomic E-state index is 0. The third kappa shape index (κ3) is 14.1. The fraction of sp³-hybridized carbons (Fsp3) is 0. The molecule has 0 saturated carbocycles. The largest absolute Gasteiger partial charge is 1.00 e. The van der Waals surface area contributed by atoms with Gasteiger partial charge in [-0.2, -0.15) is 5.11 Å². The first-order chi connectivity index (χ1) is 32.5. The van der Waals surface area contributed by atoms with Gasteiger partial charge in [0, 0.05) is 43.9 Å². The molecule has 0 radical (unpaired) electrons. The van der Waals surface area contributed by atoms with Crippen LogP contribution < -0.4 is 129 Å². The number of phenols is 1. The Morgan fingerprint density at radius 3 is 1.42 bits per heavy atom. The van der Waals surface area contributed by atoms with E-state index in [1.54, 1.807) is 30.3 Å². The van der Waals surface area contributed by atoms with Crippen molar-refractivity contribution in [2.75, 3.05) is 11.1 Å². The van der Waals surface area contributed by atoms with Crippen LogP contribution in [0.1, 0.15) is 10.4 Å². The van der Waals surface area contributed by atoms with Crippen molar-refractivity contribution in [2.24, 2.45) is 30.7 Å². The van der Waals surface area contributed by atoms with Crippen LogP contribution in [-0.4, -0.2) is 62.9 Å². The van der Waals surface area contributed by atoms with E-state index in [4.69, 9.17) is 5.73 Å². The smallest absolute Gasteiger partial charge is 0.744 e. The van der Waals surface area contributed by atoms with E-state index < -0.39 is 77.4 Å². The van der Waals surface area contributed by atoms with Gasteiger partial charge in [0.25, 0.3) is 5.91 Å². The number of nitrogens with one attached hydrogen (secondary N) is 1. The van der Waals surface area contributed by atoms with Crippen molar-refractivity contribution in [2.45, 2.75) is 19.6 Å². The zero-order valence-electron chi connectivity index (χ0n) is 38.3. The zero-order valence-corrected chi connectivity index (χ0v) is 49.6. The minimum Gasteiger partial charge on any atom is -0.744 e. The van der Waals surface area contributed by atoms with Gasteiger partial charge < -0.3 is 34.4 Å². The van der Waals surface area contributed by atoms with Crippen LogP contribution in [0.5, 0.6) is 5.75 Å². The van der Waals surface area contributed by atoms with Crippen LogP contribution >= 0.6 is 0 Å². The molecule has 0 unspecified atom stereocenters. The summed E-state index contributed by atoms with van der Waals surface area (Å²) in [4.78, 5) is 9.62. The predicted octanol–water partition coefficient (Wildman–Crippen LogP) is -3.44. The van der Waals surface area contributed by atoms with Crippen LogP contribution in [-0.2, 0) is 40.5 Å². The Morgan fingerprint density at radius 1 is 0.466 bits per heavy atom. The van der Waals surface area contributed by atoms with E-state index in [-0.39, 0.29) is 190 Å². The second kappa shape index (κ2) is 24.4. The summed E-state index contributed by atoms with van der Waals surface area (Å²) in [5.74, 6) is -1.26. The van der Waals surface area contributed by atoms with Crippen LogP contribution in [0.15, 0.2) is 184 Å². The van der Waals surface area contributed by atoms with Crippen molar-refractivity contribution < 1.29 is 180 Å². The van der Waals surface area contributed by atoms with Gasteiger partial charge in [-0.25, -0.2) is 33.7 Å². The number of hydrogen-bond donors (Lipinski definition) is 3. The number of nitrogens with zero attached hydrogens (tertiary/aromatic N) is 6. The number of carbonyl (C=O) groups excluding carboxylic acids is 1. The molecule has 0 spiro atoms. The molecule has 22 nitrogen and oxygen atoms in total. The Labute approximate surface area is 503 Å². The van der Waals surface area contributed by atoms with Gasteiger partial charge in [0.1, 0.15) is 46.2 Å². The molecule has 0 aromatic heterocycles. The monoisotopic (exact) mass is 1100 g/mol. The quantitative estimate of drug-likeness (QED) is 0.0464. The van der Waals surface area contributed by atoms with Crippen molar-refractivity contribution in [3.8, 4) is 5.75 Å². The number of nitrogens with two attached hydrogens (primary N) is 1. The van der Waals surface area contributed by atoms with Gasteiger partial charge in [-0.1, -0.05) is 30.3 Å². The first-order valence-corrected chi connectivity index (χ1v) is 24.9. The van der Waals surface area contributed by atoms with Crippen molar-refractivity contribution >= 4 is 124 Å². The first kappa shape index (κ1) is 61.6. The molecule has 30 heteroatoms. The summed E-state index contributed by atoms with van der Waals surface area (Å²) in [5, 5.41) is 38.6. The molecule has 1 amide bonds. The molecule has 0 aliphatic rings. The number of rotatable bonds is 12. The molecule has 8 aromatic rings. The van der Waals surface area contributed by atoms with Crippen LogP contribution in [0.2, 0.25) is 0 Å². The molecular weight excluding hydrogens is 1070 g/mol. The van der Waals surface area contributed by atoms with Crippen molar-refractivity contribution in [3.63, 3.8) is 0 Å². The number of nitrogen functional groups attached to an aromatic ring is 1.